The maximum Gasteiger partial charge on any atom is 0.218 e. The fourth-order valence-electron chi connectivity index (χ4n) is 1.38. The molecule has 0 unspecified atom stereocenters. The van der Waals surface area contributed by atoms with Crippen molar-refractivity contribution in [3.05, 3.63) is 0 Å². The Bertz CT molecular complexity index is 132. The fourth-order valence-corrected chi connectivity index (χ4v) is 1.38. The first-order valence-electron chi connectivity index (χ1n) is 4.60. The van der Waals surface area contributed by atoms with Crippen molar-refractivity contribution in [3.63, 3.8) is 0 Å². The average molecular weight is 172 g/mol. The highest BCUT2D eigenvalue weighted by Crippen LogP contribution is 2.05. The minimum absolute atomic E-state index is 0.215. The van der Waals surface area contributed by atoms with E-state index in [0.29, 0.717) is 12.5 Å². The van der Waals surface area contributed by atoms with E-state index in [1.54, 1.807) is 0 Å². The first kappa shape index (κ1) is 11.4. The SMILES string of the molecule is CCC(CC)N(C)CCC(N)=O. The zero-order valence-corrected chi connectivity index (χ0v) is 8.34. The monoisotopic (exact) mass is 172 g/mol. The molecule has 0 saturated carbocycles. The largest absolute Gasteiger partial charge is 0.370 e. The Labute approximate surface area is 74.9 Å². The van der Waals surface area contributed by atoms with Crippen LogP contribution in [0.3, 0.4) is 0 Å². The normalized spacial score (nSPS) is 11.1. The van der Waals surface area contributed by atoms with Crippen LogP contribution in [0.15, 0.2) is 0 Å². The summed E-state index contributed by atoms with van der Waals surface area (Å²) >= 11 is 0. The lowest BCUT2D eigenvalue weighted by Crippen LogP contribution is -2.33. The number of carbonyl (C=O) groups is 1. The molecule has 0 aliphatic heterocycles. The van der Waals surface area contributed by atoms with Gasteiger partial charge in [-0.15, -0.1) is 0 Å². The minimum Gasteiger partial charge on any atom is -0.370 e. The van der Waals surface area contributed by atoms with Crippen LogP contribution in [-0.4, -0.2) is 30.4 Å². The molecule has 0 heterocycles. The summed E-state index contributed by atoms with van der Waals surface area (Å²) in [5, 5.41) is 0. The molecule has 0 aromatic rings. The van der Waals surface area contributed by atoms with Gasteiger partial charge in [-0.05, 0) is 19.9 Å². The Morgan fingerprint density at radius 3 is 2.25 bits per heavy atom. The Balaban J connectivity index is 3.68. The zero-order chi connectivity index (χ0) is 9.56. The molecule has 0 saturated heterocycles. The van der Waals surface area contributed by atoms with Crippen LogP contribution in [0, 0.1) is 0 Å². The second-order valence-corrected chi connectivity index (χ2v) is 3.17. The van der Waals surface area contributed by atoms with Crippen molar-refractivity contribution in [2.45, 2.75) is 39.2 Å². The van der Waals surface area contributed by atoms with Gasteiger partial charge in [-0.25, -0.2) is 0 Å². The fraction of sp³-hybridized carbons (Fsp3) is 0.889. The van der Waals surface area contributed by atoms with E-state index in [2.05, 4.69) is 18.7 Å². The van der Waals surface area contributed by atoms with Crippen molar-refractivity contribution >= 4 is 5.91 Å². The number of nitrogens with two attached hydrogens (primary N) is 1. The van der Waals surface area contributed by atoms with E-state index < -0.39 is 0 Å². The molecule has 1 amide bonds. The zero-order valence-electron chi connectivity index (χ0n) is 8.34. The van der Waals surface area contributed by atoms with Crippen LogP contribution in [0.1, 0.15) is 33.1 Å². The van der Waals surface area contributed by atoms with E-state index in [9.17, 15) is 4.79 Å². The molecule has 2 N–H and O–H groups in total. The number of amides is 1. The molecule has 0 aromatic heterocycles. The van der Waals surface area contributed by atoms with Crippen LogP contribution < -0.4 is 5.73 Å². The van der Waals surface area contributed by atoms with E-state index in [-0.39, 0.29) is 5.91 Å². The van der Waals surface area contributed by atoms with Crippen LogP contribution in [0.4, 0.5) is 0 Å². The lowest BCUT2D eigenvalue weighted by molar-refractivity contribution is -0.118. The number of nitrogens with zero attached hydrogens (tertiary/aromatic N) is 1. The summed E-state index contributed by atoms with van der Waals surface area (Å²) in [5.74, 6) is -0.215. The van der Waals surface area contributed by atoms with E-state index in [1.807, 2.05) is 7.05 Å². The maximum atomic E-state index is 10.5. The van der Waals surface area contributed by atoms with Crippen LogP contribution in [0.25, 0.3) is 0 Å². The van der Waals surface area contributed by atoms with Crippen LogP contribution in [-0.2, 0) is 4.79 Å². The Morgan fingerprint density at radius 2 is 1.92 bits per heavy atom. The predicted molar refractivity (Wildman–Crippen MR) is 50.8 cm³/mol. The van der Waals surface area contributed by atoms with Gasteiger partial charge < -0.3 is 10.6 Å². The van der Waals surface area contributed by atoms with Gasteiger partial charge in [-0.2, -0.15) is 0 Å². The van der Waals surface area contributed by atoms with Gasteiger partial charge in [0.25, 0.3) is 0 Å². The molecule has 3 nitrogen and oxygen atoms in total. The van der Waals surface area contributed by atoms with Gasteiger partial charge >= 0.3 is 0 Å². The van der Waals surface area contributed by atoms with Gasteiger partial charge in [-0.3, -0.25) is 4.79 Å². The molecule has 0 spiro atoms. The molecule has 0 aliphatic rings. The summed E-state index contributed by atoms with van der Waals surface area (Å²) in [5.41, 5.74) is 5.06. The highest BCUT2D eigenvalue weighted by molar-refractivity contribution is 5.73. The summed E-state index contributed by atoms with van der Waals surface area (Å²) in [6.45, 7) is 5.10. The van der Waals surface area contributed by atoms with E-state index in [4.69, 9.17) is 5.73 Å². The second-order valence-electron chi connectivity index (χ2n) is 3.17. The maximum absolute atomic E-state index is 10.5. The third-order valence-electron chi connectivity index (χ3n) is 2.28. The predicted octanol–water partition coefficient (Wildman–Crippen LogP) is 0.982. The van der Waals surface area contributed by atoms with E-state index >= 15 is 0 Å². The number of primary amides is 1. The van der Waals surface area contributed by atoms with Crippen LogP contribution >= 0.6 is 0 Å². The lowest BCUT2D eigenvalue weighted by atomic mass is 10.1. The standard InChI is InChI=1S/C9H20N2O/c1-4-8(5-2)11(3)7-6-9(10)12/h8H,4-7H2,1-3H3,(H2,10,12). The molecular formula is C9H20N2O. The number of hydrogen-bond acceptors (Lipinski definition) is 2. The van der Waals surface area contributed by atoms with Crippen molar-refractivity contribution in [1.29, 1.82) is 0 Å². The summed E-state index contributed by atoms with van der Waals surface area (Å²) in [4.78, 5) is 12.7. The highest BCUT2D eigenvalue weighted by Gasteiger charge is 2.10. The van der Waals surface area contributed by atoms with Gasteiger partial charge in [0.15, 0.2) is 0 Å². The van der Waals surface area contributed by atoms with E-state index in [1.165, 1.54) is 0 Å². The molecule has 0 fully saturated rings. The van der Waals surface area contributed by atoms with Crippen molar-refractivity contribution in [1.82, 2.24) is 4.90 Å². The molecule has 0 bridgehead atoms. The van der Waals surface area contributed by atoms with Crippen molar-refractivity contribution in [3.8, 4) is 0 Å². The Kier molecular flexibility index (Phi) is 5.72. The van der Waals surface area contributed by atoms with Gasteiger partial charge in [0.1, 0.15) is 0 Å². The third kappa shape index (κ3) is 4.34. The highest BCUT2D eigenvalue weighted by atomic mass is 16.1. The average Bonchev–Trinajstić information content (AvgIpc) is 2.03. The quantitative estimate of drug-likeness (QED) is 0.649. The molecule has 0 rings (SSSR count). The third-order valence-corrected chi connectivity index (χ3v) is 2.28. The second kappa shape index (κ2) is 6.00. The van der Waals surface area contributed by atoms with Gasteiger partial charge in [0.2, 0.25) is 5.91 Å². The van der Waals surface area contributed by atoms with Crippen molar-refractivity contribution in [2.75, 3.05) is 13.6 Å². The molecule has 3 heteroatoms. The summed E-state index contributed by atoms with van der Waals surface area (Å²) in [6.07, 6.45) is 2.73. The summed E-state index contributed by atoms with van der Waals surface area (Å²) in [6, 6.07) is 0.587. The lowest BCUT2D eigenvalue weighted by Gasteiger charge is -2.25. The van der Waals surface area contributed by atoms with E-state index in [0.717, 1.165) is 19.4 Å². The molecule has 0 aromatic carbocycles. The molecular weight excluding hydrogens is 152 g/mol. The summed E-state index contributed by atoms with van der Waals surface area (Å²) in [7, 11) is 2.04. The van der Waals surface area contributed by atoms with Crippen molar-refractivity contribution in [2.24, 2.45) is 5.73 Å². The van der Waals surface area contributed by atoms with Crippen LogP contribution in [0.5, 0.6) is 0 Å². The topological polar surface area (TPSA) is 46.3 Å². The first-order valence-corrected chi connectivity index (χ1v) is 4.60. The smallest absolute Gasteiger partial charge is 0.218 e. The minimum atomic E-state index is -0.215. The van der Waals surface area contributed by atoms with Crippen molar-refractivity contribution < 1.29 is 4.79 Å². The Hall–Kier alpha value is -0.570. The van der Waals surface area contributed by atoms with Gasteiger partial charge in [-0.1, -0.05) is 13.8 Å². The molecule has 0 atom stereocenters. The van der Waals surface area contributed by atoms with Gasteiger partial charge in [0, 0.05) is 19.0 Å². The number of hydrogen-bond donors (Lipinski definition) is 1. The first-order chi connectivity index (χ1) is 5.61. The molecule has 0 radical (unpaired) electrons. The molecule has 0 aliphatic carbocycles. The molecule has 72 valence electrons. The van der Waals surface area contributed by atoms with Crippen LogP contribution in [0.2, 0.25) is 0 Å². The molecule has 12 heavy (non-hydrogen) atoms. The number of rotatable bonds is 6. The number of carbonyl (C=O) groups excluding carboxylic acids is 1. The summed E-state index contributed by atoms with van der Waals surface area (Å²) < 4.78 is 0. The van der Waals surface area contributed by atoms with Gasteiger partial charge in [0.05, 0.1) is 0 Å². The Morgan fingerprint density at radius 1 is 1.42 bits per heavy atom.